The lowest BCUT2D eigenvalue weighted by atomic mass is 10.1. The van der Waals surface area contributed by atoms with E-state index in [4.69, 9.17) is 23.2 Å². The number of nitrogens with one attached hydrogen (secondary N) is 1. The molecule has 0 aliphatic rings. The zero-order chi connectivity index (χ0) is 12.1. The molecule has 0 fully saturated rings. The number of nitrogens with zero attached hydrogens (tertiary/aromatic N) is 1. The summed E-state index contributed by atoms with van der Waals surface area (Å²) >= 11 is 10.6. The van der Waals surface area contributed by atoms with E-state index in [-0.39, 0.29) is 15.7 Å². The number of rotatable bonds is 3. The van der Waals surface area contributed by atoms with Gasteiger partial charge in [0.1, 0.15) is 10.1 Å². The number of hydrogen-bond donors (Lipinski definition) is 1. The normalized spacial score (nSPS) is 9.38. The van der Waals surface area contributed by atoms with Gasteiger partial charge in [0.05, 0.1) is 4.92 Å². The van der Waals surface area contributed by atoms with Crippen LogP contribution in [0, 0.1) is 10.1 Å². The van der Waals surface area contributed by atoms with E-state index in [9.17, 15) is 14.9 Å². The van der Waals surface area contributed by atoms with Gasteiger partial charge in [0.2, 0.25) is 0 Å². The Bertz CT molecular complexity index is 456. The summed E-state index contributed by atoms with van der Waals surface area (Å²) in [6.45, 7) is 0. The molecule has 0 unspecified atom stereocenters. The van der Waals surface area contributed by atoms with Gasteiger partial charge < -0.3 is 5.32 Å². The molecule has 0 saturated heterocycles. The number of nitro benzene ring substituents is 1. The lowest BCUT2D eigenvalue weighted by Crippen LogP contribution is -2.18. The van der Waals surface area contributed by atoms with Gasteiger partial charge in [-0.25, -0.2) is 0 Å². The SMILES string of the molecule is O=C(NC=C(Cl)Cl)c1ccccc1[N+](=O)[O-]. The largest absolute Gasteiger partial charge is 0.326 e. The van der Waals surface area contributed by atoms with Gasteiger partial charge >= 0.3 is 0 Å². The van der Waals surface area contributed by atoms with E-state index in [0.717, 1.165) is 6.20 Å². The van der Waals surface area contributed by atoms with Crippen molar-refractivity contribution in [3.8, 4) is 0 Å². The Balaban J connectivity index is 2.99. The zero-order valence-corrected chi connectivity index (χ0v) is 9.33. The van der Waals surface area contributed by atoms with Gasteiger partial charge in [0.25, 0.3) is 11.6 Å². The molecule has 1 rings (SSSR count). The predicted molar refractivity (Wildman–Crippen MR) is 60.4 cm³/mol. The molecule has 1 N–H and O–H groups in total. The molecule has 0 spiro atoms. The van der Waals surface area contributed by atoms with Crippen molar-refractivity contribution in [3.63, 3.8) is 0 Å². The standard InChI is InChI=1S/C9H6Cl2N2O3/c10-8(11)5-12-9(14)6-3-1-2-4-7(6)13(15)16/h1-5H,(H,12,14). The van der Waals surface area contributed by atoms with E-state index in [1.807, 2.05) is 0 Å². The molecule has 0 aliphatic heterocycles. The third-order valence-corrected chi connectivity index (χ3v) is 1.88. The number of hydrogen-bond acceptors (Lipinski definition) is 3. The van der Waals surface area contributed by atoms with Crippen LogP contribution in [0.4, 0.5) is 5.69 Å². The first-order valence-electron chi connectivity index (χ1n) is 4.08. The molecule has 0 heterocycles. The van der Waals surface area contributed by atoms with Crippen LogP contribution >= 0.6 is 23.2 Å². The van der Waals surface area contributed by atoms with Gasteiger partial charge in [0, 0.05) is 12.3 Å². The summed E-state index contributed by atoms with van der Waals surface area (Å²) < 4.78 is -0.146. The molecule has 1 aromatic rings. The van der Waals surface area contributed by atoms with Crippen molar-refractivity contribution in [3.05, 3.63) is 50.6 Å². The summed E-state index contributed by atoms with van der Waals surface area (Å²) in [6.07, 6.45) is 1.04. The maximum absolute atomic E-state index is 11.5. The Kier molecular flexibility index (Phi) is 4.28. The van der Waals surface area contributed by atoms with Gasteiger partial charge in [-0.1, -0.05) is 35.3 Å². The Morgan fingerprint density at radius 1 is 1.38 bits per heavy atom. The topological polar surface area (TPSA) is 72.2 Å². The van der Waals surface area contributed by atoms with Gasteiger partial charge in [-0.05, 0) is 6.07 Å². The van der Waals surface area contributed by atoms with Crippen molar-refractivity contribution in [2.75, 3.05) is 0 Å². The number of halogens is 2. The van der Waals surface area contributed by atoms with Crippen LogP contribution in [-0.2, 0) is 0 Å². The molecular formula is C9H6Cl2N2O3. The predicted octanol–water partition coefficient (Wildman–Crippen LogP) is 2.60. The van der Waals surface area contributed by atoms with Crippen molar-refractivity contribution < 1.29 is 9.72 Å². The second kappa shape index (κ2) is 5.48. The molecule has 0 bridgehead atoms. The quantitative estimate of drug-likeness (QED) is 0.671. The average Bonchev–Trinajstić information content (AvgIpc) is 2.25. The van der Waals surface area contributed by atoms with Crippen molar-refractivity contribution >= 4 is 34.8 Å². The van der Waals surface area contributed by atoms with Crippen LogP contribution < -0.4 is 5.32 Å². The Labute approximate surface area is 101 Å². The highest BCUT2D eigenvalue weighted by molar-refractivity contribution is 6.55. The molecule has 16 heavy (non-hydrogen) atoms. The van der Waals surface area contributed by atoms with E-state index in [2.05, 4.69) is 5.32 Å². The zero-order valence-electron chi connectivity index (χ0n) is 7.81. The van der Waals surface area contributed by atoms with E-state index < -0.39 is 10.8 Å². The highest BCUT2D eigenvalue weighted by Crippen LogP contribution is 2.17. The third kappa shape index (κ3) is 3.22. The van der Waals surface area contributed by atoms with Crippen molar-refractivity contribution in [1.82, 2.24) is 5.32 Å². The summed E-state index contributed by atoms with van der Waals surface area (Å²) in [7, 11) is 0. The molecule has 0 saturated carbocycles. The van der Waals surface area contributed by atoms with Gasteiger partial charge in [-0.2, -0.15) is 0 Å². The first-order chi connectivity index (χ1) is 7.52. The number of nitro groups is 1. The molecule has 7 heteroatoms. The van der Waals surface area contributed by atoms with Gasteiger partial charge in [-0.3, -0.25) is 14.9 Å². The summed E-state index contributed by atoms with van der Waals surface area (Å²) in [5, 5.41) is 12.8. The maximum atomic E-state index is 11.5. The third-order valence-electron chi connectivity index (χ3n) is 1.66. The minimum atomic E-state index is -0.647. The highest BCUT2D eigenvalue weighted by atomic mass is 35.5. The molecule has 0 aliphatic carbocycles. The number of benzene rings is 1. The fourth-order valence-corrected chi connectivity index (χ4v) is 1.13. The van der Waals surface area contributed by atoms with Crippen molar-refractivity contribution in [2.45, 2.75) is 0 Å². The van der Waals surface area contributed by atoms with Crippen LogP contribution in [-0.4, -0.2) is 10.8 Å². The highest BCUT2D eigenvalue weighted by Gasteiger charge is 2.18. The summed E-state index contributed by atoms with van der Waals surface area (Å²) in [6, 6.07) is 5.57. The van der Waals surface area contributed by atoms with Crippen LogP contribution in [0.2, 0.25) is 0 Å². The van der Waals surface area contributed by atoms with Crippen LogP contribution in [0.5, 0.6) is 0 Å². The van der Waals surface area contributed by atoms with Crippen LogP contribution in [0.25, 0.3) is 0 Å². The molecule has 0 radical (unpaired) electrons. The minimum absolute atomic E-state index is 0.0571. The molecule has 0 aromatic heterocycles. The van der Waals surface area contributed by atoms with Crippen molar-refractivity contribution in [2.24, 2.45) is 0 Å². The fraction of sp³-hybridized carbons (Fsp3) is 0. The molecule has 84 valence electrons. The number of amides is 1. The lowest BCUT2D eigenvalue weighted by Gasteiger charge is -2.01. The summed E-state index contributed by atoms with van der Waals surface area (Å²) in [4.78, 5) is 21.5. The van der Waals surface area contributed by atoms with Crippen LogP contribution in [0.1, 0.15) is 10.4 Å². The van der Waals surface area contributed by atoms with E-state index in [1.54, 1.807) is 0 Å². The van der Waals surface area contributed by atoms with E-state index >= 15 is 0 Å². The smallest absolute Gasteiger partial charge is 0.282 e. The second-order valence-electron chi connectivity index (χ2n) is 2.68. The molecule has 1 amide bonds. The summed E-state index contributed by atoms with van der Waals surface area (Å²) in [5.41, 5.74) is -0.336. The summed E-state index contributed by atoms with van der Waals surface area (Å²) in [5.74, 6) is -0.647. The Morgan fingerprint density at radius 2 is 2.00 bits per heavy atom. The number of carbonyl (C=O) groups excluding carboxylic acids is 1. The molecule has 0 atom stereocenters. The minimum Gasteiger partial charge on any atom is -0.326 e. The monoisotopic (exact) mass is 260 g/mol. The molecule has 5 nitrogen and oxygen atoms in total. The first kappa shape index (κ1) is 12.5. The van der Waals surface area contributed by atoms with E-state index in [0.29, 0.717) is 0 Å². The van der Waals surface area contributed by atoms with Gasteiger partial charge in [-0.15, -0.1) is 0 Å². The maximum Gasteiger partial charge on any atom is 0.282 e. The van der Waals surface area contributed by atoms with Crippen LogP contribution in [0.15, 0.2) is 35.0 Å². The van der Waals surface area contributed by atoms with Gasteiger partial charge in [0.15, 0.2) is 0 Å². The first-order valence-corrected chi connectivity index (χ1v) is 4.83. The molecular weight excluding hydrogens is 255 g/mol. The average molecular weight is 261 g/mol. The van der Waals surface area contributed by atoms with Crippen molar-refractivity contribution in [1.29, 1.82) is 0 Å². The fourth-order valence-electron chi connectivity index (χ4n) is 1.02. The second-order valence-corrected chi connectivity index (χ2v) is 3.69. The lowest BCUT2D eigenvalue weighted by molar-refractivity contribution is -0.385. The molecule has 1 aromatic carbocycles. The number of carbonyl (C=O) groups is 1. The Hall–Kier alpha value is -1.59. The van der Waals surface area contributed by atoms with E-state index in [1.165, 1.54) is 24.3 Å². The Morgan fingerprint density at radius 3 is 2.56 bits per heavy atom. The van der Waals surface area contributed by atoms with Crippen LogP contribution in [0.3, 0.4) is 0 Å². The number of para-hydroxylation sites is 1.